The lowest BCUT2D eigenvalue weighted by Crippen LogP contribution is -2.47. The van der Waals surface area contributed by atoms with Gasteiger partial charge in [-0.05, 0) is 43.6 Å². The zero-order valence-corrected chi connectivity index (χ0v) is 20.5. The maximum atomic E-state index is 6.09. The molecule has 0 amide bonds. The van der Waals surface area contributed by atoms with E-state index >= 15 is 0 Å². The van der Waals surface area contributed by atoms with Crippen molar-refractivity contribution in [3.8, 4) is 0 Å². The van der Waals surface area contributed by atoms with E-state index in [9.17, 15) is 0 Å². The minimum absolute atomic E-state index is 0. The van der Waals surface area contributed by atoms with Crippen molar-refractivity contribution >= 4 is 41.5 Å². The highest BCUT2D eigenvalue weighted by atomic mass is 127. The van der Waals surface area contributed by atoms with E-state index in [-0.39, 0.29) is 30.0 Å². The number of guanidine groups is 1. The molecular formula is C21H35ClIN5O. The third-order valence-corrected chi connectivity index (χ3v) is 5.85. The van der Waals surface area contributed by atoms with Crippen molar-refractivity contribution in [2.75, 3.05) is 66.1 Å². The second kappa shape index (κ2) is 13.6. The molecule has 0 radical (unpaired) electrons. The van der Waals surface area contributed by atoms with Gasteiger partial charge in [0.25, 0.3) is 0 Å². The molecule has 1 aromatic carbocycles. The van der Waals surface area contributed by atoms with E-state index in [1.165, 1.54) is 37.9 Å². The third-order valence-electron chi connectivity index (χ3n) is 5.60. The average molecular weight is 536 g/mol. The molecule has 2 saturated heterocycles. The van der Waals surface area contributed by atoms with Crippen molar-refractivity contribution in [2.24, 2.45) is 4.99 Å². The summed E-state index contributed by atoms with van der Waals surface area (Å²) in [5, 5.41) is 7.76. The van der Waals surface area contributed by atoms with Gasteiger partial charge in [0.2, 0.25) is 0 Å². The lowest BCUT2D eigenvalue weighted by Gasteiger charge is -2.35. The number of benzene rings is 1. The maximum absolute atomic E-state index is 6.09. The zero-order chi connectivity index (χ0) is 19.6. The number of hydrogen-bond acceptors (Lipinski definition) is 4. The van der Waals surface area contributed by atoms with E-state index in [4.69, 9.17) is 16.3 Å². The van der Waals surface area contributed by atoms with Crippen LogP contribution >= 0.6 is 35.6 Å². The molecule has 0 spiro atoms. The Morgan fingerprint density at radius 3 is 2.41 bits per heavy atom. The summed E-state index contributed by atoms with van der Waals surface area (Å²) in [6.07, 6.45) is 4.03. The summed E-state index contributed by atoms with van der Waals surface area (Å²) in [5.41, 5.74) is 1.27. The molecule has 164 valence electrons. The van der Waals surface area contributed by atoms with Crippen LogP contribution in [0.4, 0.5) is 0 Å². The number of nitrogens with zero attached hydrogens (tertiary/aromatic N) is 3. The first-order valence-corrected chi connectivity index (χ1v) is 10.9. The number of likely N-dealkylation sites (tertiary alicyclic amines) is 1. The molecule has 1 unspecified atom stereocenters. The number of aliphatic imine (C=N–C) groups is 1. The van der Waals surface area contributed by atoms with Crippen molar-refractivity contribution in [1.82, 2.24) is 20.4 Å². The molecule has 1 aromatic rings. The molecule has 1 atom stereocenters. The lowest BCUT2D eigenvalue weighted by atomic mass is 10.0. The van der Waals surface area contributed by atoms with Gasteiger partial charge in [-0.2, -0.15) is 0 Å². The van der Waals surface area contributed by atoms with Gasteiger partial charge in [-0.25, -0.2) is 0 Å². The molecule has 0 aliphatic carbocycles. The monoisotopic (exact) mass is 535 g/mol. The second-order valence-corrected chi connectivity index (χ2v) is 7.93. The van der Waals surface area contributed by atoms with Crippen LogP contribution in [-0.2, 0) is 4.74 Å². The number of morpholine rings is 1. The van der Waals surface area contributed by atoms with Gasteiger partial charge in [0.1, 0.15) is 0 Å². The summed E-state index contributed by atoms with van der Waals surface area (Å²) in [6, 6.07) is 8.45. The molecule has 6 nitrogen and oxygen atoms in total. The van der Waals surface area contributed by atoms with Crippen molar-refractivity contribution in [3.05, 3.63) is 34.9 Å². The lowest BCUT2D eigenvalue weighted by molar-refractivity contribution is 0.0170. The third kappa shape index (κ3) is 8.20. The van der Waals surface area contributed by atoms with Crippen molar-refractivity contribution in [2.45, 2.75) is 25.3 Å². The van der Waals surface area contributed by atoms with Crippen LogP contribution in [0.5, 0.6) is 0 Å². The summed E-state index contributed by atoms with van der Waals surface area (Å²) >= 11 is 6.09. The zero-order valence-electron chi connectivity index (χ0n) is 17.4. The average Bonchev–Trinajstić information content (AvgIpc) is 2.75. The highest BCUT2D eigenvalue weighted by molar-refractivity contribution is 14.0. The molecular weight excluding hydrogens is 501 g/mol. The predicted octanol–water partition coefficient (Wildman–Crippen LogP) is 2.98. The number of halogens is 2. The van der Waals surface area contributed by atoms with Crippen LogP contribution in [0, 0.1) is 0 Å². The fourth-order valence-electron chi connectivity index (χ4n) is 3.96. The molecule has 0 aromatic heterocycles. The molecule has 29 heavy (non-hydrogen) atoms. The summed E-state index contributed by atoms with van der Waals surface area (Å²) in [4.78, 5) is 9.42. The van der Waals surface area contributed by atoms with Crippen LogP contribution in [0.15, 0.2) is 29.3 Å². The largest absolute Gasteiger partial charge is 0.379 e. The van der Waals surface area contributed by atoms with Gasteiger partial charge in [-0.3, -0.25) is 9.89 Å². The number of hydrogen-bond donors (Lipinski definition) is 2. The summed E-state index contributed by atoms with van der Waals surface area (Å²) < 4.78 is 5.54. The van der Waals surface area contributed by atoms with Crippen molar-refractivity contribution in [1.29, 1.82) is 0 Å². The fourth-order valence-corrected chi connectivity index (χ4v) is 4.09. The molecule has 3 rings (SSSR count). The number of nitrogens with one attached hydrogen (secondary N) is 2. The highest BCUT2D eigenvalue weighted by Crippen LogP contribution is 2.23. The van der Waals surface area contributed by atoms with Gasteiger partial charge < -0.3 is 20.3 Å². The standard InChI is InChI=1S/C21H34ClN5O.HI/c1-23-21(24-9-12-26-10-3-2-4-11-26)25-17-20(27-13-15-28-16-14-27)18-5-7-19(22)8-6-18;/h5-8,20H,2-4,9-17H2,1H3,(H2,23,24,25);1H. The molecule has 2 N–H and O–H groups in total. The van der Waals surface area contributed by atoms with E-state index in [0.717, 1.165) is 56.9 Å². The molecule has 2 heterocycles. The van der Waals surface area contributed by atoms with Crippen molar-refractivity contribution in [3.63, 3.8) is 0 Å². The molecule has 0 saturated carbocycles. The van der Waals surface area contributed by atoms with Gasteiger partial charge >= 0.3 is 0 Å². The number of ether oxygens (including phenoxy) is 1. The maximum Gasteiger partial charge on any atom is 0.191 e. The molecule has 0 bridgehead atoms. The first-order valence-electron chi connectivity index (χ1n) is 10.5. The Bertz CT molecular complexity index is 604. The van der Waals surface area contributed by atoms with Crippen LogP contribution in [0.25, 0.3) is 0 Å². The quantitative estimate of drug-likeness (QED) is 0.319. The summed E-state index contributed by atoms with van der Waals surface area (Å²) in [6.45, 7) is 8.69. The SMILES string of the molecule is CN=C(NCCN1CCCCC1)NCC(c1ccc(Cl)cc1)N1CCOCC1.I. The summed E-state index contributed by atoms with van der Waals surface area (Å²) in [5.74, 6) is 0.865. The first-order chi connectivity index (χ1) is 13.8. The summed E-state index contributed by atoms with van der Waals surface area (Å²) in [7, 11) is 1.84. The van der Waals surface area contributed by atoms with Crippen LogP contribution in [0.2, 0.25) is 5.02 Å². The Kier molecular flexibility index (Phi) is 11.6. The Morgan fingerprint density at radius 2 is 1.76 bits per heavy atom. The van der Waals surface area contributed by atoms with Crippen molar-refractivity contribution < 1.29 is 4.74 Å². The van der Waals surface area contributed by atoms with E-state index in [0.29, 0.717) is 0 Å². The predicted molar refractivity (Wildman–Crippen MR) is 132 cm³/mol. The second-order valence-electron chi connectivity index (χ2n) is 7.50. The normalized spacial score (nSPS) is 20.0. The molecule has 8 heteroatoms. The Balaban J connectivity index is 0.00000300. The van der Waals surface area contributed by atoms with Gasteiger partial charge in [-0.15, -0.1) is 24.0 Å². The Labute approximate surface area is 197 Å². The van der Waals surface area contributed by atoms with E-state index in [1.54, 1.807) is 0 Å². The minimum atomic E-state index is 0. The Morgan fingerprint density at radius 1 is 1.07 bits per heavy atom. The van der Waals surface area contributed by atoms with E-state index in [1.807, 2.05) is 19.2 Å². The van der Waals surface area contributed by atoms with Gasteiger partial charge in [0.05, 0.1) is 19.3 Å². The fraction of sp³-hybridized carbons (Fsp3) is 0.667. The molecule has 2 fully saturated rings. The first kappa shape index (κ1) is 24.7. The molecule has 2 aliphatic rings. The highest BCUT2D eigenvalue weighted by Gasteiger charge is 2.23. The minimum Gasteiger partial charge on any atom is -0.379 e. The smallest absolute Gasteiger partial charge is 0.191 e. The van der Waals surface area contributed by atoms with Crippen LogP contribution in [0.3, 0.4) is 0 Å². The number of piperidine rings is 1. The topological polar surface area (TPSA) is 52.1 Å². The van der Waals surface area contributed by atoms with E-state index < -0.39 is 0 Å². The van der Waals surface area contributed by atoms with Crippen LogP contribution in [-0.4, -0.2) is 81.8 Å². The van der Waals surface area contributed by atoms with E-state index in [2.05, 4.69) is 37.6 Å². The Hall–Kier alpha value is -0.610. The van der Waals surface area contributed by atoms with Gasteiger partial charge in [0.15, 0.2) is 5.96 Å². The molecule has 2 aliphatic heterocycles. The van der Waals surface area contributed by atoms with Crippen LogP contribution in [0.1, 0.15) is 30.9 Å². The van der Waals surface area contributed by atoms with Crippen LogP contribution < -0.4 is 10.6 Å². The number of rotatable bonds is 7. The van der Waals surface area contributed by atoms with Gasteiger partial charge in [0, 0.05) is 44.8 Å². The van der Waals surface area contributed by atoms with Gasteiger partial charge in [-0.1, -0.05) is 30.2 Å².